The Morgan fingerprint density at radius 3 is 2.78 bits per heavy atom. The van der Waals surface area contributed by atoms with Crippen molar-refractivity contribution in [2.75, 3.05) is 0 Å². The van der Waals surface area contributed by atoms with Gasteiger partial charge >= 0.3 is 0 Å². The first-order valence-corrected chi connectivity index (χ1v) is 2.73. The molecule has 0 spiro atoms. The number of hydrogen-bond acceptors (Lipinski definition) is 1. The van der Waals surface area contributed by atoms with Crippen molar-refractivity contribution in [1.29, 1.82) is 0 Å². The summed E-state index contributed by atoms with van der Waals surface area (Å²) in [6, 6.07) is 3.61. The van der Waals surface area contributed by atoms with Crippen LogP contribution in [0.2, 0.25) is 0 Å². The van der Waals surface area contributed by atoms with Gasteiger partial charge in [-0.15, -0.1) is 0 Å². The Bertz CT molecular complexity index is 200. The number of nitrogens with zero attached hydrogens (tertiary/aromatic N) is 1. The van der Waals surface area contributed by atoms with Gasteiger partial charge in [0.25, 0.3) is 0 Å². The third-order valence-electron chi connectivity index (χ3n) is 1.08. The zero-order valence-electron chi connectivity index (χ0n) is 5.04. The number of aromatic nitrogens is 1. The van der Waals surface area contributed by atoms with Crippen LogP contribution in [0, 0.1) is 0 Å². The molecule has 1 heterocycles. The molecule has 0 aliphatic heterocycles. The van der Waals surface area contributed by atoms with Gasteiger partial charge in [0.1, 0.15) is 7.85 Å². The maximum Gasteiger partial charge on any atom is 0.141 e. The molecule has 0 fully saturated rings. The molecule has 0 aromatic carbocycles. The lowest BCUT2D eigenvalue weighted by Crippen LogP contribution is -2.07. The lowest BCUT2D eigenvalue weighted by molar-refractivity contribution is 1.31. The van der Waals surface area contributed by atoms with E-state index in [-0.39, 0.29) is 0 Å². The van der Waals surface area contributed by atoms with Crippen molar-refractivity contribution >= 4 is 21.3 Å². The second kappa shape index (κ2) is 2.72. The van der Waals surface area contributed by atoms with Crippen LogP contribution < -0.4 is 5.59 Å². The first-order chi connectivity index (χ1) is 4.33. The van der Waals surface area contributed by atoms with E-state index in [4.69, 9.17) is 15.7 Å². The van der Waals surface area contributed by atoms with Crippen LogP contribution in [0.15, 0.2) is 18.3 Å². The number of rotatable bonds is 1. The van der Waals surface area contributed by atoms with Crippen molar-refractivity contribution in [3.05, 3.63) is 23.9 Å². The summed E-state index contributed by atoms with van der Waals surface area (Å²) in [7, 11) is 10.7. The van der Waals surface area contributed by atoms with Crippen molar-refractivity contribution in [3.8, 4) is 0 Å². The zero-order chi connectivity index (χ0) is 6.69. The Labute approximate surface area is 57.3 Å². The highest BCUT2D eigenvalue weighted by Crippen LogP contribution is 1.90. The molecule has 40 valence electrons. The summed E-state index contributed by atoms with van der Waals surface area (Å²) in [6.07, 6.45) is 2.17. The molecule has 0 bridgehead atoms. The van der Waals surface area contributed by atoms with Crippen molar-refractivity contribution in [3.63, 3.8) is 0 Å². The van der Waals surface area contributed by atoms with E-state index in [1.54, 1.807) is 12.3 Å². The third kappa shape index (κ3) is 1.60. The summed E-state index contributed by atoms with van der Waals surface area (Å²) in [4.78, 5) is 3.81. The second-order valence-electron chi connectivity index (χ2n) is 1.79. The number of hydrogen-bond donors (Lipinski definition) is 0. The van der Waals surface area contributed by atoms with E-state index >= 15 is 0 Å². The summed E-state index contributed by atoms with van der Waals surface area (Å²) < 4.78 is 0. The molecule has 0 N–H and O–H groups in total. The minimum atomic E-state index is 0.521. The van der Waals surface area contributed by atoms with Gasteiger partial charge in [-0.05, 0) is 17.7 Å². The Kier molecular flexibility index (Phi) is 1.93. The molecule has 0 atom stereocenters. The van der Waals surface area contributed by atoms with Gasteiger partial charge in [0.05, 0.1) is 7.85 Å². The van der Waals surface area contributed by atoms with Crippen molar-refractivity contribution in [2.24, 2.45) is 0 Å². The predicted octanol–water partition coefficient (Wildman–Crippen LogP) is -0.456. The Morgan fingerprint density at radius 2 is 2.33 bits per heavy atom. The monoisotopic (exact) mass is 113 g/mol. The van der Waals surface area contributed by atoms with Crippen LogP contribution in [-0.2, 0) is 6.32 Å². The van der Waals surface area contributed by atoms with E-state index in [2.05, 4.69) is 4.98 Å². The Morgan fingerprint density at radius 1 is 1.56 bits per heavy atom. The smallest absolute Gasteiger partial charge is 0.141 e. The fourth-order valence-corrected chi connectivity index (χ4v) is 0.621. The standard InChI is InChI=1S/C6H5B2N/c7-4-5-1-2-9-6(8)3-5/h1-3H,4H2. The summed E-state index contributed by atoms with van der Waals surface area (Å²) in [5.74, 6) is 0. The molecule has 0 aliphatic carbocycles. The molecule has 9 heavy (non-hydrogen) atoms. The molecule has 0 aliphatic rings. The zero-order valence-corrected chi connectivity index (χ0v) is 5.04. The third-order valence-corrected chi connectivity index (χ3v) is 1.08. The van der Waals surface area contributed by atoms with Gasteiger partial charge in [-0.25, -0.2) is 0 Å². The van der Waals surface area contributed by atoms with Gasteiger partial charge in [-0.2, -0.15) is 0 Å². The van der Waals surface area contributed by atoms with Crippen LogP contribution in [0.25, 0.3) is 0 Å². The van der Waals surface area contributed by atoms with E-state index in [1.165, 1.54) is 0 Å². The van der Waals surface area contributed by atoms with Crippen molar-refractivity contribution in [2.45, 2.75) is 6.32 Å². The quantitative estimate of drug-likeness (QED) is 0.449. The Hall–Kier alpha value is -0.720. The maximum atomic E-state index is 5.37. The summed E-state index contributed by atoms with van der Waals surface area (Å²) in [5, 5.41) is 0. The normalized spacial score (nSPS) is 9.33. The average molecular weight is 113 g/mol. The minimum Gasteiger partial charge on any atom is -0.273 e. The SMILES string of the molecule is [B]Cc1ccnc([B])c1. The van der Waals surface area contributed by atoms with Crippen LogP contribution in [0.1, 0.15) is 5.56 Å². The van der Waals surface area contributed by atoms with Gasteiger partial charge in [-0.3, -0.25) is 4.98 Å². The topological polar surface area (TPSA) is 12.9 Å². The first kappa shape index (κ1) is 6.40. The molecule has 1 rings (SSSR count). The van der Waals surface area contributed by atoms with Crippen LogP contribution >= 0.6 is 0 Å². The molecule has 3 heteroatoms. The van der Waals surface area contributed by atoms with E-state index < -0.39 is 0 Å². The highest BCUT2D eigenvalue weighted by Gasteiger charge is 1.86. The number of pyridine rings is 1. The fraction of sp³-hybridized carbons (Fsp3) is 0.167. The fourth-order valence-electron chi connectivity index (χ4n) is 0.621. The maximum absolute atomic E-state index is 5.37. The largest absolute Gasteiger partial charge is 0.273 e. The summed E-state index contributed by atoms with van der Waals surface area (Å²) in [6.45, 7) is 0. The van der Waals surface area contributed by atoms with Crippen LogP contribution in [0.5, 0.6) is 0 Å². The van der Waals surface area contributed by atoms with Gasteiger partial charge < -0.3 is 0 Å². The lowest BCUT2D eigenvalue weighted by atomic mass is 9.94. The lowest BCUT2D eigenvalue weighted by Gasteiger charge is -1.95. The first-order valence-electron chi connectivity index (χ1n) is 2.73. The molecule has 0 saturated heterocycles. The molecule has 4 radical (unpaired) electrons. The van der Waals surface area contributed by atoms with Crippen LogP contribution in [-0.4, -0.2) is 20.7 Å². The van der Waals surface area contributed by atoms with E-state index in [0.29, 0.717) is 11.9 Å². The van der Waals surface area contributed by atoms with E-state index in [0.717, 1.165) is 5.56 Å². The van der Waals surface area contributed by atoms with Gasteiger partial charge in [0, 0.05) is 6.20 Å². The molecule has 1 aromatic heterocycles. The average Bonchev–Trinajstić information content (AvgIpc) is 1.88. The summed E-state index contributed by atoms with van der Waals surface area (Å²) >= 11 is 0. The van der Waals surface area contributed by atoms with Crippen molar-refractivity contribution in [1.82, 2.24) is 4.98 Å². The van der Waals surface area contributed by atoms with Gasteiger partial charge in [-0.1, -0.05) is 11.9 Å². The van der Waals surface area contributed by atoms with Crippen LogP contribution in [0.4, 0.5) is 0 Å². The molecule has 1 nitrogen and oxygen atoms in total. The molecular formula is C6H5B2N. The van der Waals surface area contributed by atoms with E-state index in [1.807, 2.05) is 6.07 Å². The highest BCUT2D eigenvalue weighted by atomic mass is 14.6. The summed E-state index contributed by atoms with van der Waals surface area (Å²) in [5.41, 5.74) is 1.54. The molecule has 0 saturated carbocycles. The predicted molar refractivity (Wildman–Crippen MR) is 39.1 cm³/mol. The van der Waals surface area contributed by atoms with Gasteiger partial charge in [0.2, 0.25) is 0 Å². The minimum absolute atomic E-state index is 0.521. The van der Waals surface area contributed by atoms with Crippen LogP contribution in [0.3, 0.4) is 0 Å². The van der Waals surface area contributed by atoms with Crippen molar-refractivity contribution < 1.29 is 0 Å². The molecule has 1 aromatic rings. The molecular weight excluding hydrogens is 108 g/mol. The Balaban J connectivity index is 2.94. The highest BCUT2D eigenvalue weighted by molar-refractivity contribution is 6.30. The van der Waals surface area contributed by atoms with E-state index in [9.17, 15) is 0 Å². The van der Waals surface area contributed by atoms with Gasteiger partial charge in [0.15, 0.2) is 0 Å². The molecule has 0 unspecified atom stereocenters. The second-order valence-corrected chi connectivity index (χ2v) is 1.79. The molecule has 0 amide bonds.